The third kappa shape index (κ3) is 2.98. The van der Waals surface area contributed by atoms with Crippen LogP contribution in [0.5, 0.6) is 0 Å². The van der Waals surface area contributed by atoms with Crippen LogP contribution in [-0.4, -0.2) is 61.3 Å². The van der Waals surface area contributed by atoms with Crippen molar-refractivity contribution in [2.24, 2.45) is 0 Å². The van der Waals surface area contributed by atoms with E-state index in [1.807, 2.05) is 0 Å². The van der Waals surface area contributed by atoms with Gasteiger partial charge in [-0.1, -0.05) is 17.3 Å². The van der Waals surface area contributed by atoms with E-state index in [2.05, 4.69) is 10.3 Å². The maximum Gasteiger partial charge on any atom is 0.123 e. The maximum absolute atomic E-state index is 13.3. The lowest BCUT2D eigenvalue weighted by Gasteiger charge is -2.40. The van der Waals surface area contributed by atoms with E-state index in [4.69, 9.17) is 4.74 Å². The molecule has 23 heavy (non-hydrogen) atoms. The minimum Gasteiger partial charge on any atom is -0.394 e. The highest BCUT2D eigenvalue weighted by molar-refractivity contribution is 5.57. The van der Waals surface area contributed by atoms with Gasteiger partial charge < -0.3 is 20.1 Å². The Hall–Kier alpha value is -1.87. The van der Waals surface area contributed by atoms with Crippen molar-refractivity contribution < 1.29 is 24.4 Å². The molecule has 0 bridgehead atoms. The number of nitrogens with zero attached hydrogens (tertiary/aromatic N) is 3. The first kappa shape index (κ1) is 16.0. The molecule has 0 saturated carbocycles. The second-order valence-corrected chi connectivity index (χ2v) is 5.63. The number of hydrogen-bond donors (Lipinski definition) is 3. The summed E-state index contributed by atoms with van der Waals surface area (Å²) in [5.41, 5.74) is 0.961. The van der Waals surface area contributed by atoms with Crippen molar-refractivity contribution in [3.8, 4) is 11.3 Å². The average molecular weight is 323 g/mol. The molecule has 7 nitrogen and oxygen atoms in total. The van der Waals surface area contributed by atoms with Gasteiger partial charge >= 0.3 is 0 Å². The van der Waals surface area contributed by atoms with Gasteiger partial charge in [-0.25, -0.2) is 9.07 Å². The van der Waals surface area contributed by atoms with E-state index >= 15 is 0 Å². The van der Waals surface area contributed by atoms with E-state index < -0.39 is 36.3 Å². The van der Waals surface area contributed by atoms with E-state index in [1.165, 1.54) is 23.0 Å². The minimum atomic E-state index is -1.15. The first-order valence-corrected chi connectivity index (χ1v) is 7.31. The molecule has 3 rings (SSSR count). The fraction of sp³-hybridized carbons (Fsp3) is 0.467. The average Bonchev–Trinajstić information content (AvgIpc) is 3.01. The molecule has 0 radical (unpaired) electrons. The molecule has 2 aromatic rings. The van der Waals surface area contributed by atoms with Crippen LogP contribution >= 0.6 is 0 Å². The Morgan fingerprint density at radius 3 is 2.78 bits per heavy atom. The first-order valence-electron chi connectivity index (χ1n) is 7.31. The predicted molar refractivity (Wildman–Crippen MR) is 77.9 cm³/mol. The Kier molecular flexibility index (Phi) is 4.40. The van der Waals surface area contributed by atoms with E-state index in [0.29, 0.717) is 11.3 Å². The van der Waals surface area contributed by atoms with E-state index in [-0.39, 0.29) is 6.61 Å². The third-order valence-electron chi connectivity index (χ3n) is 4.07. The molecule has 2 heterocycles. The molecular weight excluding hydrogens is 305 g/mol. The molecule has 0 amide bonds. The highest BCUT2D eigenvalue weighted by Crippen LogP contribution is 2.30. The minimum absolute atomic E-state index is 0.375. The van der Waals surface area contributed by atoms with Gasteiger partial charge in [-0.05, 0) is 19.1 Å². The summed E-state index contributed by atoms with van der Waals surface area (Å²) in [6.07, 6.45) is -2.04. The van der Waals surface area contributed by atoms with Crippen LogP contribution in [0.3, 0.4) is 0 Å². The Morgan fingerprint density at radius 1 is 1.30 bits per heavy atom. The number of halogens is 1. The molecule has 1 saturated heterocycles. The van der Waals surface area contributed by atoms with Crippen molar-refractivity contribution in [1.82, 2.24) is 15.0 Å². The predicted octanol–water partition coefficient (Wildman–Crippen LogP) is 0.127. The molecule has 124 valence electrons. The molecule has 0 aliphatic carbocycles. The monoisotopic (exact) mass is 323 g/mol. The van der Waals surface area contributed by atoms with Crippen molar-refractivity contribution in [3.63, 3.8) is 0 Å². The summed E-state index contributed by atoms with van der Waals surface area (Å²) in [4.78, 5) is 0. The van der Waals surface area contributed by atoms with Crippen molar-refractivity contribution >= 4 is 0 Å². The van der Waals surface area contributed by atoms with Crippen molar-refractivity contribution in [2.45, 2.75) is 37.4 Å². The summed E-state index contributed by atoms with van der Waals surface area (Å²) in [6.45, 7) is 1.27. The number of hydrogen-bond acceptors (Lipinski definition) is 6. The fourth-order valence-electron chi connectivity index (χ4n) is 2.80. The molecule has 1 aliphatic heterocycles. The van der Waals surface area contributed by atoms with Gasteiger partial charge in [0.15, 0.2) is 0 Å². The Bertz CT molecular complexity index is 680. The molecule has 1 aromatic heterocycles. The van der Waals surface area contributed by atoms with Gasteiger partial charge in [-0.2, -0.15) is 0 Å². The number of aromatic nitrogens is 3. The molecule has 8 heteroatoms. The second kappa shape index (κ2) is 6.32. The number of benzene rings is 1. The SMILES string of the molecule is C[C@@H]1OC(CO)[C@H](O)C(n2cc(-c3cccc(F)c3)nn2)[C@@H]1O. The summed E-state index contributed by atoms with van der Waals surface area (Å²) < 4.78 is 20.0. The van der Waals surface area contributed by atoms with Crippen molar-refractivity contribution in [3.05, 3.63) is 36.3 Å². The van der Waals surface area contributed by atoms with Gasteiger partial charge in [0, 0.05) is 5.56 Å². The normalized spacial score (nSPS) is 31.3. The van der Waals surface area contributed by atoms with Gasteiger partial charge in [-0.3, -0.25) is 0 Å². The highest BCUT2D eigenvalue weighted by atomic mass is 19.1. The Morgan fingerprint density at radius 2 is 2.09 bits per heavy atom. The smallest absolute Gasteiger partial charge is 0.123 e. The standard InChI is InChI=1S/C15H18FN3O4/c1-8-14(21)13(15(22)12(7-20)23-8)19-6-11(17-18-19)9-3-2-4-10(16)5-9/h2-6,8,12-15,20-22H,7H2,1H3/t8-,12?,13?,14+,15-/m0/s1. The van der Waals surface area contributed by atoms with Gasteiger partial charge in [-0.15, -0.1) is 5.10 Å². The van der Waals surface area contributed by atoms with E-state index in [0.717, 1.165) is 0 Å². The zero-order chi connectivity index (χ0) is 16.6. The molecule has 2 unspecified atom stereocenters. The lowest BCUT2D eigenvalue weighted by atomic mass is 9.93. The van der Waals surface area contributed by atoms with Crippen LogP contribution in [0, 0.1) is 5.82 Å². The quantitative estimate of drug-likeness (QED) is 0.742. The lowest BCUT2D eigenvalue weighted by molar-refractivity contribution is -0.199. The number of ether oxygens (including phenoxy) is 1. The number of aliphatic hydroxyl groups excluding tert-OH is 3. The van der Waals surface area contributed by atoms with Crippen LogP contribution in [-0.2, 0) is 4.74 Å². The van der Waals surface area contributed by atoms with Gasteiger partial charge in [0.25, 0.3) is 0 Å². The summed E-state index contributed by atoms with van der Waals surface area (Å²) in [7, 11) is 0. The van der Waals surface area contributed by atoms with Crippen molar-refractivity contribution in [2.75, 3.05) is 6.61 Å². The van der Waals surface area contributed by atoms with Gasteiger partial charge in [0.2, 0.25) is 0 Å². The summed E-state index contributed by atoms with van der Waals surface area (Å²) >= 11 is 0. The van der Waals surface area contributed by atoms with Crippen LogP contribution in [0.15, 0.2) is 30.5 Å². The third-order valence-corrected chi connectivity index (χ3v) is 4.07. The number of rotatable bonds is 3. The molecule has 5 atom stereocenters. The molecule has 1 aromatic carbocycles. The largest absolute Gasteiger partial charge is 0.394 e. The zero-order valence-electron chi connectivity index (χ0n) is 12.5. The van der Waals surface area contributed by atoms with Crippen molar-refractivity contribution in [1.29, 1.82) is 0 Å². The topological polar surface area (TPSA) is 101 Å². The summed E-state index contributed by atoms with van der Waals surface area (Å²) in [6, 6.07) is 5.09. The van der Waals surface area contributed by atoms with Crippen LogP contribution in [0.1, 0.15) is 13.0 Å². The Balaban J connectivity index is 1.92. The first-order chi connectivity index (χ1) is 11.0. The molecule has 1 aliphatic rings. The van der Waals surface area contributed by atoms with E-state index in [9.17, 15) is 19.7 Å². The number of aliphatic hydroxyl groups is 3. The molecule has 1 fully saturated rings. The van der Waals surface area contributed by atoms with Crippen LogP contribution in [0.2, 0.25) is 0 Å². The van der Waals surface area contributed by atoms with Crippen LogP contribution < -0.4 is 0 Å². The summed E-state index contributed by atoms with van der Waals surface area (Å²) in [5, 5.41) is 37.8. The summed E-state index contributed by atoms with van der Waals surface area (Å²) in [5.74, 6) is -0.392. The second-order valence-electron chi connectivity index (χ2n) is 5.63. The van der Waals surface area contributed by atoms with E-state index in [1.54, 1.807) is 19.1 Å². The van der Waals surface area contributed by atoms with Crippen LogP contribution in [0.4, 0.5) is 4.39 Å². The Labute approximate surface area is 131 Å². The molecule has 0 spiro atoms. The zero-order valence-corrected chi connectivity index (χ0v) is 12.5. The van der Waals surface area contributed by atoms with Gasteiger partial charge in [0.1, 0.15) is 35.9 Å². The highest BCUT2D eigenvalue weighted by Gasteiger charge is 2.44. The maximum atomic E-state index is 13.3. The van der Waals surface area contributed by atoms with Crippen LogP contribution in [0.25, 0.3) is 11.3 Å². The lowest BCUT2D eigenvalue weighted by Crippen LogP contribution is -2.55. The fourth-order valence-corrected chi connectivity index (χ4v) is 2.80. The molecular formula is C15H18FN3O4. The van der Waals surface area contributed by atoms with Gasteiger partial charge in [0.05, 0.1) is 18.9 Å². The molecule has 3 N–H and O–H groups in total.